The number of fused-ring (bicyclic) bond motifs is 8. The second kappa shape index (κ2) is 24.3. The molecule has 0 amide bonds. The van der Waals surface area contributed by atoms with Gasteiger partial charge < -0.3 is 21.3 Å². The van der Waals surface area contributed by atoms with Crippen LogP contribution in [-0.2, 0) is 0 Å². The molecule has 5 saturated heterocycles. The number of hydrogen-bond donors (Lipinski definition) is 4. The lowest BCUT2D eigenvalue weighted by molar-refractivity contribution is -0.161. The van der Waals surface area contributed by atoms with Gasteiger partial charge in [-0.05, 0) is 345 Å². The number of nitrogens with one attached hydrogen (secondary N) is 4. The molecule has 0 aromatic heterocycles. The molecule has 14 bridgehead atoms. The molecule has 19 fully saturated rings. The summed E-state index contributed by atoms with van der Waals surface area (Å²) < 4.78 is 0. The first-order chi connectivity index (χ1) is 37.4. The summed E-state index contributed by atoms with van der Waals surface area (Å²) in [6.07, 6.45) is 42.6. The van der Waals surface area contributed by atoms with Crippen LogP contribution in [0, 0.1) is 47.3 Å². The van der Waals surface area contributed by atoms with E-state index in [-0.39, 0.29) is 0 Å². The summed E-state index contributed by atoms with van der Waals surface area (Å²) >= 11 is 0. The van der Waals surface area contributed by atoms with E-state index < -0.39 is 0 Å². The average molecular weight is 1130 g/mol. The van der Waals surface area contributed by atoms with Crippen LogP contribution in [0.4, 0.5) is 0 Å². The Morgan fingerprint density at radius 2 is 0.679 bits per heavy atom. The summed E-state index contributed by atoms with van der Waals surface area (Å²) in [6, 6.07) is 4.44. The molecule has 0 aromatic rings. The van der Waals surface area contributed by atoms with Crippen LogP contribution >= 0.6 is 0 Å². The van der Waals surface area contributed by atoms with Gasteiger partial charge in [0.2, 0.25) is 0 Å². The highest BCUT2D eigenvalue weighted by Crippen LogP contribution is 2.58. The molecule has 14 saturated carbocycles. The van der Waals surface area contributed by atoms with Crippen molar-refractivity contribution in [2.75, 3.05) is 13.1 Å². The van der Waals surface area contributed by atoms with Crippen LogP contribution in [0.3, 0.4) is 0 Å². The fourth-order valence-electron chi connectivity index (χ4n) is 21.2. The minimum atomic E-state index is 0.296. The van der Waals surface area contributed by atoms with Crippen molar-refractivity contribution in [2.45, 2.75) is 410 Å². The first kappa shape index (κ1) is 65.2. The number of piperidine rings is 3. The summed E-state index contributed by atoms with van der Waals surface area (Å²) in [7, 11) is 0. The molecule has 19 aliphatic rings. The maximum absolute atomic E-state index is 3.96. The minimum absolute atomic E-state index is 0.296. The second-order valence-electron chi connectivity index (χ2n) is 38.5. The highest BCUT2D eigenvalue weighted by molar-refractivity contribution is 5.14. The number of hydrogen-bond acceptors (Lipinski definition) is 7. The van der Waals surface area contributed by atoms with Gasteiger partial charge in [-0.2, -0.15) is 0 Å². The molecule has 0 aromatic carbocycles. The van der Waals surface area contributed by atoms with Gasteiger partial charge in [-0.25, -0.2) is 0 Å². The highest BCUT2D eigenvalue weighted by Gasteiger charge is 2.57. The molecule has 4 N–H and O–H groups in total. The third kappa shape index (κ3) is 17.1. The largest absolute Gasteiger partial charge is 0.309 e. The molecule has 81 heavy (non-hydrogen) atoms. The predicted octanol–water partition coefficient (Wildman–Crippen LogP) is 17.2. The maximum atomic E-state index is 3.96. The molecule has 470 valence electrons. The maximum Gasteiger partial charge on any atom is 0.0194 e. The molecule has 19 rings (SSSR count). The van der Waals surface area contributed by atoms with Gasteiger partial charge >= 0.3 is 0 Å². The van der Waals surface area contributed by atoms with Crippen molar-refractivity contribution in [1.82, 2.24) is 36.0 Å². The fourth-order valence-corrected chi connectivity index (χ4v) is 21.2. The minimum Gasteiger partial charge on any atom is -0.309 e. The summed E-state index contributed by atoms with van der Waals surface area (Å²) in [5.74, 6) is 8.58. The molecule has 5 aliphatic heterocycles. The monoisotopic (exact) mass is 1130 g/mol. The van der Waals surface area contributed by atoms with E-state index in [2.05, 4.69) is 174 Å². The molecule has 7 nitrogen and oxygen atoms in total. The Morgan fingerprint density at radius 3 is 0.938 bits per heavy atom. The molecule has 5 heterocycles. The van der Waals surface area contributed by atoms with Crippen molar-refractivity contribution in [2.24, 2.45) is 47.3 Å². The molecule has 7 heteroatoms. The predicted molar refractivity (Wildman–Crippen MR) is 349 cm³/mol. The van der Waals surface area contributed by atoms with E-state index in [4.69, 9.17) is 0 Å². The lowest BCUT2D eigenvalue weighted by Gasteiger charge is -2.66. The van der Waals surface area contributed by atoms with Gasteiger partial charge in [0.25, 0.3) is 0 Å². The first-order valence-corrected chi connectivity index (χ1v) is 35.9. The van der Waals surface area contributed by atoms with Gasteiger partial charge in [-0.1, -0.05) is 26.7 Å². The Morgan fingerprint density at radius 1 is 0.333 bits per heavy atom. The second-order valence-corrected chi connectivity index (χ2v) is 38.5. The zero-order valence-corrected chi connectivity index (χ0v) is 57.8. The summed E-state index contributed by atoms with van der Waals surface area (Å²) in [5, 5.41) is 15.3. The van der Waals surface area contributed by atoms with Crippen LogP contribution in [-0.4, -0.2) is 113 Å². The SMILES string of the molecule is CC(C)(C)N1C2CC1C2.CC(C)(C)N1C2CCCC1CCC2.CC(C)(C)N1CC2CC2C1.CC(C)(C)NC12CC3CC(CC(C3)C1)C2.CC(C)(C)NC12CCC(CC1)C2.CC(C)(C)NC12CCC(CC1)CC2.CC(C)NC12CC(C1)C2. The Hall–Kier alpha value is -0.280. The quantitative estimate of drug-likeness (QED) is 0.219. The Labute approximate surface area is 504 Å². The number of nitrogens with zero attached hydrogens (tertiary/aromatic N) is 3. The van der Waals surface area contributed by atoms with E-state index in [0.717, 1.165) is 71.5 Å². The van der Waals surface area contributed by atoms with E-state index >= 15 is 0 Å². The molecule has 14 aliphatic carbocycles. The van der Waals surface area contributed by atoms with Crippen LogP contribution in [0.15, 0.2) is 0 Å². The lowest BCUT2D eigenvalue weighted by atomic mass is 9.50. The molecular formula is C74H139N7. The van der Waals surface area contributed by atoms with Gasteiger partial charge in [0.1, 0.15) is 0 Å². The smallest absolute Gasteiger partial charge is 0.0194 e. The van der Waals surface area contributed by atoms with Gasteiger partial charge in [0.05, 0.1) is 0 Å². The van der Waals surface area contributed by atoms with Gasteiger partial charge in [0.15, 0.2) is 0 Å². The standard InChI is InChI=1S/C14H25N.2C12H23N.C11H21N.C9H17N.2C8H15N/c1-13(2,3)15-14-7-10-4-11(8-14)6-12(5-10)9-14;1-11(2,3)13-12-7-4-10(5-8-12)6-9-12;1-12(2,3)13-10-6-4-7-11(13)9-5-8-10;1-10(2,3)12-11-6-4-9(8-11)5-7-11;1-9(2,3)10-5-7-4-8(7)6-10;1-8(2,3)9-6-4-7(9)5-6;1-6(2)9-8-3-7(4-8)5-8/h10-12,15H,4-9H2,1-3H3;10,13H,4-9H2,1-3H3;10-11H,4-9H2,1-3H3;9,12H,4-8H2,1-3H3;7-8H,4-6H2,1-3H3;6-7H,4-5H2,1-3H3;6-7,9H,3-5H2,1-2H3. The van der Waals surface area contributed by atoms with Crippen LogP contribution in [0.1, 0.15) is 325 Å². The van der Waals surface area contributed by atoms with Crippen molar-refractivity contribution in [1.29, 1.82) is 0 Å². The van der Waals surface area contributed by atoms with Gasteiger partial charge in [-0.15, -0.1) is 0 Å². The zero-order chi connectivity index (χ0) is 59.0. The van der Waals surface area contributed by atoms with Gasteiger partial charge in [-0.3, -0.25) is 14.7 Å². The Bertz CT molecular complexity index is 1880. The summed E-state index contributed by atoms with van der Waals surface area (Å²) in [6.45, 7) is 48.9. The van der Waals surface area contributed by atoms with E-state index in [9.17, 15) is 0 Å². The molecule has 0 radical (unpaired) electrons. The molecule has 2 unspecified atom stereocenters. The topological polar surface area (TPSA) is 57.8 Å². The van der Waals surface area contributed by atoms with E-state index in [1.165, 1.54) is 180 Å². The van der Waals surface area contributed by atoms with Crippen LogP contribution < -0.4 is 21.3 Å². The average Bonchev–Trinajstić information content (AvgIpc) is 3.50. The van der Waals surface area contributed by atoms with E-state index in [1.54, 1.807) is 19.3 Å². The van der Waals surface area contributed by atoms with Crippen molar-refractivity contribution < 1.29 is 0 Å². The summed E-state index contributed by atoms with van der Waals surface area (Å²) in [4.78, 5) is 8.05. The van der Waals surface area contributed by atoms with E-state index in [0.29, 0.717) is 61.4 Å². The normalized spacial score (nSPS) is 41.9. The zero-order valence-electron chi connectivity index (χ0n) is 57.8. The van der Waals surface area contributed by atoms with Crippen LogP contribution in [0.5, 0.6) is 0 Å². The molecule has 2 atom stereocenters. The Balaban J connectivity index is 0.000000115. The van der Waals surface area contributed by atoms with Crippen molar-refractivity contribution in [3.8, 4) is 0 Å². The lowest BCUT2D eigenvalue weighted by Crippen LogP contribution is -2.74. The third-order valence-electron chi connectivity index (χ3n) is 23.7. The number of rotatable bonds is 5. The van der Waals surface area contributed by atoms with Crippen molar-refractivity contribution >= 4 is 0 Å². The van der Waals surface area contributed by atoms with Gasteiger partial charge in [0, 0.05) is 98.7 Å². The fraction of sp³-hybridized carbons (Fsp3) is 1.00. The van der Waals surface area contributed by atoms with Crippen molar-refractivity contribution in [3.63, 3.8) is 0 Å². The highest BCUT2D eigenvalue weighted by atomic mass is 15.4. The third-order valence-corrected chi connectivity index (χ3v) is 23.7. The summed E-state index contributed by atoms with van der Waals surface area (Å²) in [5.41, 5.74) is 4.41. The number of likely N-dealkylation sites (tertiary alicyclic amines) is 1. The molecule has 0 spiro atoms. The van der Waals surface area contributed by atoms with Crippen LogP contribution in [0.2, 0.25) is 0 Å². The first-order valence-electron chi connectivity index (χ1n) is 35.9. The molecular weight excluding hydrogens is 987 g/mol. The van der Waals surface area contributed by atoms with E-state index in [1.807, 2.05) is 0 Å². The Kier molecular flexibility index (Phi) is 19.5. The van der Waals surface area contributed by atoms with Crippen LogP contribution in [0.25, 0.3) is 0 Å². The van der Waals surface area contributed by atoms with Crippen molar-refractivity contribution in [3.05, 3.63) is 0 Å².